The van der Waals surface area contributed by atoms with Crippen molar-refractivity contribution in [1.29, 1.82) is 0 Å². The molecule has 0 aliphatic carbocycles. The van der Waals surface area contributed by atoms with Crippen LogP contribution in [0.5, 0.6) is 0 Å². The lowest BCUT2D eigenvalue weighted by Crippen LogP contribution is -2.50. The molecule has 2 amide bonds. The fraction of sp³-hybridized carbons (Fsp3) is 0.720. The molecule has 9 nitrogen and oxygen atoms in total. The van der Waals surface area contributed by atoms with Crippen LogP contribution in [0, 0.1) is 12.8 Å². The van der Waals surface area contributed by atoms with Gasteiger partial charge in [0.2, 0.25) is 5.91 Å². The number of hydrogen-bond acceptors (Lipinski definition) is 7. The second-order valence-electron chi connectivity index (χ2n) is 9.38. The summed E-state index contributed by atoms with van der Waals surface area (Å²) in [6.07, 6.45) is 0.693. The molecule has 1 fully saturated rings. The highest BCUT2D eigenvalue weighted by Crippen LogP contribution is 2.13. The van der Waals surface area contributed by atoms with Crippen LogP contribution in [-0.4, -0.2) is 101 Å². The van der Waals surface area contributed by atoms with E-state index >= 15 is 0 Å². The average molecular weight is 480 g/mol. The number of hydrogen-bond donors (Lipinski definition) is 2. The van der Waals surface area contributed by atoms with Crippen LogP contribution in [-0.2, 0) is 14.3 Å². The maximum atomic E-state index is 13.1. The van der Waals surface area contributed by atoms with E-state index in [2.05, 4.69) is 18.8 Å². The highest BCUT2D eigenvalue weighted by atomic mass is 16.5. The first-order valence-corrected chi connectivity index (χ1v) is 12.2. The van der Waals surface area contributed by atoms with E-state index in [1.54, 1.807) is 28.1 Å². The first-order chi connectivity index (χ1) is 16.2. The summed E-state index contributed by atoms with van der Waals surface area (Å²) >= 11 is 0. The predicted octanol–water partition coefficient (Wildman–Crippen LogP) is 1.64. The van der Waals surface area contributed by atoms with Gasteiger partial charge in [0.05, 0.1) is 12.2 Å². The normalized spacial score (nSPS) is 23.6. The molecule has 1 aromatic rings. The van der Waals surface area contributed by atoms with Crippen molar-refractivity contribution in [2.75, 3.05) is 46.0 Å². The molecular formula is C25H41N3O6. The van der Waals surface area contributed by atoms with Crippen molar-refractivity contribution >= 4 is 11.8 Å². The van der Waals surface area contributed by atoms with Crippen molar-refractivity contribution in [1.82, 2.24) is 14.8 Å². The van der Waals surface area contributed by atoms with E-state index in [0.717, 1.165) is 12.1 Å². The second-order valence-corrected chi connectivity index (χ2v) is 9.38. The third kappa shape index (κ3) is 9.29. The maximum Gasteiger partial charge on any atom is 0.255 e. The first kappa shape index (κ1) is 28.2. The Morgan fingerprint density at radius 1 is 1.18 bits per heavy atom. The summed E-state index contributed by atoms with van der Waals surface area (Å²) in [5.74, 6) is 0.0970. The molecule has 1 saturated heterocycles. The Labute approximate surface area is 203 Å². The number of amides is 2. The third-order valence-corrected chi connectivity index (χ3v) is 5.99. The van der Waals surface area contributed by atoms with E-state index in [-0.39, 0.29) is 25.0 Å². The molecular weight excluding hydrogens is 438 g/mol. The highest BCUT2D eigenvalue weighted by Gasteiger charge is 2.30. The number of aryl methyl sites for hydroxylation is 1. The van der Waals surface area contributed by atoms with Gasteiger partial charge in [-0.3, -0.25) is 14.6 Å². The van der Waals surface area contributed by atoms with Crippen LogP contribution in [0.1, 0.15) is 56.1 Å². The van der Waals surface area contributed by atoms with Crippen LogP contribution >= 0.6 is 0 Å². The van der Waals surface area contributed by atoms with E-state index in [0.29, 0.717) is 57.2 Å². The van der Waals surface area contributed by atoms with Crippen molar-refractivity contribution in [3.63, 3.8) is 0 Å². The minimum absolute atomic E-state index is 0.0248. The van der Waals surface area contributed by atoms with Crippen LogP contribution in [0.2, 0.25) is 0 Å². The van der Waals surface area contributed by atoms with Crippen molar-refractivity contribution in [2.45, 2.75) is 65.3 Å². The molecule has 0 unspecified atom stereocenters. The van der Waals surface area contributed by atoms with Gasteiger partial charge < -0.3 is 29.5 Å². The van der Waals surface area contributed by atoms with E-state index < -0.39 is 18.3 Å². The van der Waals surface area contributed by atoms with E-state index in [4.69, 9.17) is 9.47 Å². The monoisotopic (exact) mass is 479 g/mol. The quantitative estimate of drug-likeness (QED) is 0.660. The lowest BCUT2D eigenvalue weighted by molar-refractivity contribution is -0.140. The molecule has 0 spiro atoms. The number of aliphatic hydroxyl groups excluding tert-OH is 2. The van der Waals surface area contributed by atoms with Crippen LogP contribution in [0.4, 0.5) is 0 Å². The number of ether oxygens (including phenoxy) is 2. The fourth-order valence-corrected chi connectivity index (χ4v) is 3.70. The molecule has 0 saturated carbocycles. The van der Waals surface area contributed by atoms with Crippen molar-refractivity contribution in [2.24, 2.45) is 5.92 Å². The molecule has 1 aliphatic rings. The Morgan fingerprint density at radius 2 is 1.91 bits per heavy atom. The highest BCUT2D eigenvalue weighted by molar-refractivity contribution is 5.94. The fourth-order valence-electron chi connectivity index (χ4n) is 3.70. The molecule has 2 heterocycles. The molecule has 0 radical (unpaired) electrons. The molecule has 0 aromatic carbocycles. The number of aliphatic hydroxyl groups is 2. The standard InChI is InChI=1S/C25H41N3O6/c1-18(2)9-14-34-23-16-28(20(4)29)12-11-27(25(32)21-8-7-19(3)26-15-21)10-5-6-13-33-17-22(30)24(23)31/h7-8,15,18,22-24,30-31H,5-6,9-14,16-17H2,1-4H3/t22-,23-,24-/m1/s1. The minimum atomic E-state index is -1.20. The molecule has 1 aromatic heterocycles. The summed E-state index contributed by atoms with van der Waals surface area (Å²) in [5, 5.41) is 21.2. The van der Waals surface area contributed by atoms with Gasteiger partial charge in [0.25, 0.3) is 5.91 Å². The first-order valence-electron chi connectivity index (χ1n) is 12.2. The molecule has 0 bridgehead atoms. The summed E-state index contributed by atoms with van der Waals surface area (Å²) in [7, 11) is 0. The number of nitrogens with zero attached hydrogens (tertiary/aromatic N) is 3. The summed E-state index contributed by atoms with van der Waals surface area (Å²) in [6.45, 7) is 9.53. The lowest BCUT2D eigenvalue weighted by Gasteiger charge is -2.33. The zero-order valence-corrected chi connectivity index (χ0v) is 21.0. The summed E-state index contributed by atoms with van der Waals surface area (Å²) < 4.78 is 11.5. The molecule has 3 atom stereocenters. The molecule has 192 valence electrons. The zero-order chi connectivity index (χ0) is 25.1. The van der Waals surface area contributed by atoms with Crippen molar-refractivity contribution in [3.05, 3.63) is 29.6 Å². The lowest BCUT2D eigenvalue weighted by atomic mass is 10.1. The Bertz CT molecular complexity index is 758. The molecule has 1 aliphatic heterocycles. The number of pyridine rings is 1. The Morgan fingerprint density at radius 3 is 2.56 bits per heavy atom. The minimum Gasteiger partial charge on any atom is -0.388 e. The number of rotatable bonds is 5. The Kier molecular flexibility index (Phi) is 11.9. The predicted molar refractivity (Wildman–Crippen MR) is 128 cm³/mol. The SMILES string of the molecule is CC(=O)N1CCN(C(=O)c2ccc(C)nc2)CCCCOC[C@@H](O)[C@@H](O)[C@H](OCCC(C)C)C1. The van der Waals surface area contributed by atoms with Gasteiger partial charge >= 0.3 is 0 Å². The van der Waals surface area contributed by atoms with Crippen LogP contribution in [0.15, 0.2) is 18.3 Å². The van der Waals surface area contributed by atoms with Gasteiger partial charge in [0, 0.05) is 58.2 Å². The summed E-state index contributed by atoms with van der Waals surface area (Å²) in [5.41, 5.74) is 1.34. The smallest absolute Gasteiger partial charge is 0.255 e. The van der Waals surface area contributed by atoms with Gasteiger partial charge in [0.15, 0.2) is 0 Å². The summed E-state index contributed by atoms with van der Waals surface area (Å²) in [6, 6.07) is 3.57. The topological polar surface area (TPSA) is 112 Å². The van der Waals surface area contributed by atoms with Crippen LogP contribution in [0.3, 0.4) is 0 Å². The maximum absolute atomic E-state index is 13.1. The van der Waals surface area contributed by atoms with E-state index in [1.807, 2.05) is 6.92 Å². The average Bonchev–Trinajstić information content (AvgIpc) is 2.79. The molecule has 9 heteroatoms. The van der Waals surface area contributed by atoms with Gasteiger partial charge in [-0.2, -0.15) is 0 Å². The third-order valence-electron chi connectivity index (χ3n) is 5.99. The van der Waals surface area contributed by atoms with E-state index in [9.17, 15) is 19.8 Å². The van der Waals surface area contributed by atoms with Crippen LogP contribution < -0.4 is 0 Å². The van der Waals surface area contributed by atoms with Crippen LogP contribution in [0.25, 0.3) is 0 Å². The number of aromatic nitrogens is 1. The zero-order valence-electron chi connectivity index (χ0n) is 21.0. The Balaban J connectivity index is 2.18. The van der Waals surface area contributed by atoms with Gasteiger partial charge in [0.1, 0.15) is 18.3 Å². The number of carbonyl (C=O) groups is 2. The van der Waals surface area contributed by atoms with Gasteiger partial charge in [-0.1, -0.05) is 13.8 Å². The van der Waals surface area contributed by atoms with Crippen molar-refractivity contribution in [3.8, 4) is 0 Å². The molecule has 2 rings (SSSR count). The van der Waals surface area contributed by atoms with Gasteiger partial charge in [-0.25, -0.2) is 0 Å². The van der Waals surface area contributed by atoms with Crippen molar-refractivity contribution < 1.29 is 29.3 Å². The van der Waals surface area contributed by atoms with Gasteiger partial charge in [-0.05, 0) is 44.2 Å². The summed E-state index contributed by atoms with van der Waals surface area (Å²) in [4.78, 5) is 33.1. The van der Waals surface area contributed by atoms with Gasteiger partial charge in [-0.15, -0.1) is 0 Å². The Hall–Kier alpha value is -2.07. The molecule has 2 N–H and O–H groups in total. The second kappa shape index (κ2) is 14.4. The number of carbonyl (C=O) groups excluding carboxylic acids is 2. The molecule has 34 heavy (non-hydrogen) atoms. The van der Waals surface area contributed by atoms with E-state index in [1.165, 1.54) is 6.92 Å². The largest absolute Gasteiger partial charge is 0.388 e.